The maximum absolute atomic E-state index is 2.58. The summed E-state index contributed by atoms with van der Waals surface area (Å²) in [5.41, 5.74) is 0. The van der Waals surface area contributed by atoms with Gasteiger partial charge in [0.1, 0.15) is 0 Å². The van der Waals surface area contributed by atoms with Crippen LogP contribution in [0.15, 0.2) is 0 Å². The van der Waals surface area contributed by atoms with Crippen molar-refractivity contribution in [3.05, 3.63) is 0 Å². The SMILES string of the molecule is CC1C(C)C1[I-]I. The van der Waals surface area contributed by atoms with Crippen molar-refractivity contribution in [3.8, 4) is 0 Å². The zero-order chi connectivity index (χ0) is 5.44. The second kappa shape index (κ2) is 2.37. The molecule has 2 heteroatoms. The Balaban J connectivity index is 2.24. The van der Waals surface area contributed by atoms with E-state index < -0.39 is 0 Å². The Bertz CT molecular complexity index is 64.5. The van der Waals surface area contributed by atoms with Crippen molar-refractivity contribution in [2.45, 2.75) is 17.8 Å². The molecule has 1 aliphatic carbocycles. The second-order valence-corrected chi connectivity index (χ2v) is 7.31. The van der Waals surface area contributed by atoms with Crippen LogP contribution in [0.3, 0.4) is 0 Å². The van der Waals surface area contributed by atoms with Gasteiger partial charge in [-0.05, 0) is 0 Å². The first-order chi connectivity index (χ1) is 3.27. The Morgan fingerprint density at radius 2 is 1.71 bits per heavy atom. The van der Waals surface area contributed by atoms with Crippen molar-refractivity contribution < 1.29 is 17.2 Å². The van der Waals surface area contributed by atoms with Gasteiger partial charge in [-0.2, -0.15) is 0 Å². The molecule has 0 amide bonds. The van der Waals surface area contributed by atoms with E-state index in [1.54, 1.807) is 0 Å². The average Bonchev–Trinajstić information content (AvgIpc) is 2.17. The number of hydrogen-bond donors (Lipinski definition) is 0. The molecule has 0 aromatic heterocycles. The number of alkyl halides is 1. The number of hydrogen-bond acceptors (Lipinski definition) is 0. The Morgan fingerprint density at radius 1 is 1.29 bits per heavy atom. The first-order valence-electron chi connectivity index (χ1n) is 2.52. The molecular weight excluding hydrogens is 314 g/mol. The van der Waals surface area contributed by atoms with E-state index >= 15 is 0 Å². The summed E-state index contributed by atoms with van der Waals surface area (Å²) in [6, 6.07) is 0. The quantitative estimate of drug-likeness (QED) is 0.433. The second-order valence-electron chi connectivity index (χ2n) is 2.25. The summed E-state index contributed by atoms with van der Waals surface area (Å²) in [6.45, 7) is 4.74. The Morgan fingerprint density at radius 3 is 1.71 bits per heavy atom. The molecule has 0 aromatic rings. The fourth-order valence-corrected chi connectivity index (χ4v) is 8.43. The zero-order valence-corrected chi connectivity index (χ0v) is 8.80. The van der Waals surface area contributed by atoms with E-state index in [1.165, 1.54) is 3.92 Å². The van der Waals surface area contributed by atoms with Crippen molar-refractivity contribution in [1.82, 2.24) is 0 Å². The molecule has 0 N–H and O–H groups in total. The molecule has 1 rings (SSSR count). The van der Waals surface area contributed by atoms with Crippen LogP contribution in [0.25, 0.3) is 0 Å². The molecule has 0 aromatic carbocycles. The molecule has 0 aliphatic heterocycles. The van der Waals surface area contributed by atoms with Crippen molar-refractivity contribution in [3.63, 3.8) is 0 Å². The van der Waals surface area contributed by atoms with Gasteiger partial charge in [0.05, 0.1) is 0 Å². The van der Waals surface area contributed by atoms with E-state index in [0.29, 0.717) is 17.2 Å². The van der Waals surface area contributed by atoms with Crippen molar-refractivity contribution in [2.75, 3.05) is 0 Å². The van der Waals surface area contributed by atoms with Gasteiger partial charge in [0, 0.05) is 0 Å². The normalized spacial score (nSPS) is 49.9. The Hall–Kier alpha value is 1.46. The van der Waals surface area contributed by atoms with Gasteiger partial charge in [0.15, 0.2) is 0 Å². The maximum atomic E-state index is 2.58. The summed E-state index contributed by atoms with van der Waals surface area (Å²) in [7, 11) is 0. The van der Waals surface area contributed by atoms with Crippen LogP contribution in [0.2, 0.25) is 0 Å². The summed E-state index contributed by atoms with van der Waals surface area (Å²) >= 11 is 3.13. The van der Waals surface area contributed by atoms with Gasteiger partial charge in [-0.3, -0.25) is 0 Å². The summed E-state index contributed by atoms with van der Waals surface area (Å²) in [5.74, 6) is 2.15. The van der Waals surface area contributed by atoms with E-state index in [-0.39, 0.29) is 0 Å². The van der Waals surface area contributed by atoms with E-state index in [9.17, 15) is 0 Å². The molecule has 0 bridgehead atoms. The van der Waals surface area contributed by atoms with Crippen molar-refractivity contribution in [1.29, 1.82) is 0 Å². The predicted octanol–water partition coefficient (Wildman–Crippen LogP) is -0.920. The summed E-state index contributed by atoms with van der Waals surface area (Å²) < 4.78 is 1.17. The topological polar surface area (TPSA) is 0 Å². The van der Waals surface area contributed by atoms with E-state index in [2.05, 4.69) is 32.5 Å². The third-order valence-electron chi connectivity index (χ3n) is 1.79. The number of halogens is 2. The molecule has 7 heavy (non-hydrogen) atoms. The Kier molecular flexibility index (Phi) is 2.23. The van der Waals surface area contributed by atoms with E-state index in [1.807, 2.05) is 0 Å². The molecule has 0 radical (unpaired) electrons. The summed E-state index contributed by atoms with van der Waals surface area (Å²) in [6.07, 6.45) is 0. The molecule has 2 atom stereocenters. The minimum absolute atomic E-state index is 0.548. The predicted molar refractivity (Wildman–Crippen MR) is 36.1 cm³/mol. The zero-order valence-electron chi connectivity index (χ0n) is 4.49. The first kappa shape index (κ1) is 6.58. The molecule has 44 valence electrons. The molecule has 0 spiro atoms. The first-order valence-corrected chi connectivity index (χ1v) is 10.0. The fourth-order valence-electron chi connectivity index (χ4n) is 0.752. The van der Waals surface area contributed by atoms with E-state index in [0.717, 1.165) is 11.8 Å². The van der Waals surface area contributed by atoms with Gasteiger partial charge in [0.25, 0.3) is 0 Å². The molecule has 0 saturated heterocycles. The molecule has 0 nitrogen and oxygen atoms in total. The van der Waals surface area contributed by atoms with Crippen LogP contribution in [-0.4, -0.2) is 3.92 Å². The Labute approximate surface area is 64.9 Å². The van der Waals surface area contributed by atoms with Crippen molar-refractivity contribution >= 4 is 18.6 Å². The van der Waals surface area contributed by atoms with Gasteiger partial charge in [-0.15, -0.1) is 0 Å². The molecule has 0 heterocycles. The molecule has 1 saturated carbocycles. The van der Waals surface area contributed by atoms with Gasteiger partial charge >= 0.3 is 65.5 Å². The summed E-state index contributed by atoms with van der Waals surface area (Å²) in [4.78, 5) is 0. The third kappa shape index (κ3) is 1.23. The molecule has 2 unspecified atom stereocenters. The monoisotopic (exact) mass is 323 g/mol. The van der Waals surface area contributed by atoms with Gasteiger partial charge < -0.3 is 0 Å². The minimum atomic E-state index is 0.548. The van der Waals surface area contributed by atoms with Crippen LogP contribution in [0.1, 0.15) is 13.8 Å². The van der Waals surface area contributed by atoms with Crippen LogP contribution < -0.4 is 17.2 Å². The van der Waals surface area contributed by atoms with E-state index in [4.69, 9.17) is 0 Å². The fraction of sp³-hybridized carbons (Fsp3) is 1.00. The van der Waals surface area contributed by atoms with Crippen molar-refractivity contribution in [2.24, 2.45) is 11.8 Å². The van der Waals surface area contributed by atoms with Crippen LogP contribution in [-0.2, 0) is 0 Å². The standard InChI is InChI=1S/C5H9I2/c1-3-4(2)5(3)7-6/h3-5H,1-2H3/q-1. The van der Waals surface area contributed by atoms with Gasteiger partial charge in [-0.1, -0.05) is 0 Å². The molecule has 1 fully saturated rings. The van der Waals surface area contributed by atoms with Gasteiger partial charge in [-0.25, -0.2) is 0 Å². The molecule has 1 aliphatic rings. The number of rotatable bonds is 1. The average molecular weight is 323 g/mol. The van der Waals surface area contributed by atoms with Crippen LogP contribution in [0.4, 0.5) is 0 Å². The van der Waals surface area contributed by atoms with Crippen LogP contribution >= 0.6 is 18.6 Å². The van der Waals surface area contributed by atoms with Crippen LogP contribution in [0, 0.1) is 11.8 Å². The van der Waals surface area contributed by atoms with Crippen LogP contribution in [0.5, 0.6) is 0 Å². The molecular formula is C5H9I2-. The summed E-state index contributed by atoms with van der Waals surface area (Å²) in [5, 5.41) is 0. The third-order valence-corrected chi connectivity index (χ3v) is 8.25. The van der Waals surface area contributed by atoms with Gasteiger partial charge in [0.2, 0.25) is 0 Å².